The standard InChI is InChI=1S/C18H18FNO2/c19-15-4-2-13(3-5-15)14-8-16(9-14)20-10-12-1-6-17-18(7-12)22-11-21-17/h1-7,14,16,20H,8-11H2. The Kier molecular flexibility index (Phi) is 3.47. The molecule has 0 atom stereocenters. The average molecular weight is 299 g/mol. The molecule has 4 rings (SSSR count). The summed E-state index contributed by atoms with van der Waals surface area (Å²) in [5, 5.41) is 3.57. The van der Waals surface area contributed by atoms with E-state index in [9.17, 15) is 4.39 Å². The van der Waals surface area contributed by atoms with E-state index in [0.29, 0.717) is 18.8 Å². The van der Waals surface area contributed by atoms with Gasteiger partial charge in [-0.1, -0.05) is 18.2 Å². The van der Waals surface area contributed by atoms with Crippen LogP contribution in [-0.2, 0) is 6.54 Å². The second-order valence-corrected chi connectivity index (χ2v) is 5.99. The Morgan fingerprint density at radius 3 is 2.59 bits per heavy atom. The van der Waals surface area contributed by atoms with Crippen molar-refractivity contribution in [1.29, 1.82) is 0 Å². The smallest absolute Gasteiger partial charge is 0.231 e. The molecule has 0 bridgehead atoms. The van der Waals surface area contributed by atoms with Gasteiger partial charge in [-0.15, -0.1) is 0 Å². The third-order valence-corrected chi connectivity index (χ3v) is 4.51. The van der Waals surface area contributed by atoms with Crippen molar-refractivity contribution in [3.63, 3.8) is 0 Å². The fourth-order valence-electron chi connectivity index (χ4n) is 3.10. The molecule has 3 nitrogen and oxygen atoms in total. The van der Waals surface area contributed by atoms with Gasteiger partial charge < -0.3 is 14.8 Å². The highest BCUT2D eigenvalue weighted by Crippen LogP contribution is 2.37. The highest BCUT2D eigenvalue weighted by atomic mass is 19.1. The van der Waals surface area contributed by atoms with Crippen molar-refractivity contribution in [2.45, 2.75) is 31.3 Å². The number of nitrogens with one attached hydrogen (secondary N) is 1. The van der Waals surface area contributed by atoms with E-state index >= 15 is 0 Å². The molecule has 1 fully saturated rings. The van der Waals surface area contributed by atoms with Gasteiger partial charge in [-0.05, 0) is 54.2 Å². The lowest BCUT2D eigenvalue weighted by molar-refractivity contribution is 0.174. The fraction of sp³-hybridized carbons (Fsp3) is 0.333. The Morgan fingerprint density at radius 1 is 1.00 bits per heavy atom. The summed E-state index contributed by atoms with van der Waals surface area (Å²) in [5.41, 5.74) is 2.44. The van der Waals surface area contributed by atoms with Crippen LogP contribution in [0.4, 0.5) is 4.39 Å². The molecule has 4 heteroatoms. The summed E-state index contributed by atoms with van der Waals surface area (Å²) in [5.74, 6) is 2.04. The molecule has 2 aliphatic rings. The van der Waals surface area contributed by atoms with Crippen molar-refractivity contribution in [1.82, 2.24) is 5.32 Å². The molecular formula is C18H18FNO2. The van der Waals surface area contributed by atoms with Crippen molar-refractivity contribution in [3.8, 4) is 11.5 Å². The first-order valence-corrected chi connectivity index (χ1v) is 7.65. The van der Waals surface area contributed by atoms with E-state index in [0.717, 1.165) is 30.9 Å². The highest BCUT2D eigenvalue weighted by Gasteiger charge is 2.29. The first-order valence-electron chi connectivity index (χ1n) is 7.65. The molecule has 114 valence electrons. The van der Waals surface area contributed by atoms with Gasteiger partial charge in [0.15, 0.2) is 11.5 Å². The van der Waals surface area contributed by atoms with Crippen LogP contribution < -0.4 is 14.8 Å². The molecule has 0 unspecified atom stereocenters. The Hall–Kier alpha value is -2.07. The van der Waals surface area contributed by atoms with E-state index < -0.39 is 0 Å². The van der Waals surface area contributed by atoms with E-state index in [2.05, 4.69) is 11.4 Å². The third kappa shape index (κ3) is 2.66. The van der Waals surface area contributed by atoms with Crippen LogP contribution in [0.2, 0.25) is 0 Å². The van der Waals surface area contributed by atoms with Crippen LogP contribution >= 0.6 is 0 Å². The fourth-order valence-corrected chi connectivity index (χ4v) is 3.10. The summed E-state index contributed by atoms with van der Waals surface area (Å²) in [4.78, 5) is 0. The first kappa shape index (κ1) is 13.6. The normalized spacial score (nSPS) is 22.4. The van der Waals surface area contributed by atoms with Gasteiger partial charge in [-0.3, -0.25) is 0 Å². The summed E-state index contributed by atoms with van der Waals surface area (Å²) >= 11 is 0. The second-order valence-electron chi connectivity index (χ2n) is 5.99. The molecule has 0 spiro atoms. The van der Waals surface area contributed by atoms with Crippen LogP contribution in [-0.4, -0.2) is 12.8 Å². The lowest BCUT2D eigenvalue weighted by Crippen LogP contribution is -2.39. The Labute approximate surface area is 129 Å². The zero-order valence-electron chi connectivity index (χ0n) is 12.2. The number of halogens is 1. The summed E-state index contributed by atoms with van der Waals surface area (Å²) in [6.45, 7) is 1.14. The molecule has 2 aromatic rings. The van der Waals surface area contributed by atoms with Gasteiger partial charge in [0.25, 0.3) is 0 Å². The van der Waals surface area contributed by atoms with Gasteiger partial charge >= 0.3 is 0 Å². The summed E-state index contributed by atoms with van der Waals surface area (Å²) < 4.78 is 23.6. The van der Waals surface area contributed by atoms with Crippen LogP contribution in [0.3, 0.4) is 0 Å². The van der Waals surface area contributed by atoms with E-state index in [1.165, 1.54) is 11.1 Å². The van der Waals surface area contributed by atoms with Gasteiger partial charge in [0.1, 0.15) is 5.82 Å². The van der Waals surface area contributed by atoms with Crippen LogP contribution in [0.25, 0.3) is 0 Å². The molecule has 1 saturated carbocycles. The minimum Gasteiger partial charge on any atom is -0.454 e. The zero-order valence-corrected chi connectivity index (χ0v) is 12.2. The lowest BCUT2D eigenvalue weighted by atomic mass is 9.76. The molecule has 1 aliphatic heterocycles. The highest BCUT2D eigenvalue weighted by molar-refractivity contribution is 5.44. The largest absolute Gasteiger partial charge is 0.454 e. The van der Waals surface area contributed by atoms with Crippen molar-refractivity contribution >= 4 is 0 Å². The monoisotopic (exact) mass is 299 g/mol. The molecule has 0 aromatic heterocycles. The zero-order chi connectivity index (χ0) is 14.9. The maximum Gasteiger partial charge on any atom is 0.231 e. The quantitative estimate of drug-likeness (QED) is 0.936. The molecule has 0 saturated heterocycles. The molecule has 1 N–H and O–H groups in total. The molecule has 1 heterocycles. The Bertz CT molecular complexity index is 665. The molecular weight excluding hydrogens is 281 g/mol. The second kappa shape index (κ2) is 5.61. The molecule has 22 heavy (non-hydrogen) atoms. The van der Waals surface area contributed by atoms with E-state index in [4.69, 9.17) is 9.47 Å². The molecule has 0 amide bonds. The predicted molar refractivity (Wildman–Crippen MR) is 81.6 cm³/mol. The Balaban J connectivity index is 1.29. The van der Waals surface area contributed by atoms with Gasteiger partial charge in [0.2, 0.25) is 6.79 Å². The van der Waals surface area contributed by atoms with Gasteiger partial charge in [-0.25, -0.2) is 4.39 Å². The van der Waals surface area contributed by atoms with Crippen LogP contribution in [0, 0.1) is 5.82 Å². The first-order chi connectivity index (χ1) is 10.8. The number of hydrogen-bond acceptors (Lipinski definition) is 3. The minimum atomic E-state index is -0.166. The van der Waals surface area contributed by atoms with Crippen molar-refractivity contribution in [2.24, 2.45) is 0 Å². The van der Waals surface area contributed by atoms with Crippen molar-refractivity contribution in [3.05, 3.63) is 59.4 Å². The van der Waals surface area contributed by atoms with Gasteiger partial charge in [0, 0.05) is 12.6 Å². The number of hydrogen-bond donors (Lipinski definition) is 1. The summed E-state index contributed by atoms with van der Waals surface area (Å²) in [6.07, 6.45) is 2.21. The summed E-state index contributed by atoms with van der Waals surface area (Å²) in [7, 11) is 0. The SMILES string of the molecule is Fc1ccc(C2CC(NCc3ccc4c(c3)OCO4)C2)cc1. The number of rotatable bonds is 4. The molecule has 1 aliphatic carbocycles. The van der Waals surface area contributed by atoms with Gasteiger partial charge in [0.05, 0.1) is 0 Å². The molecule has 0 radical (unpaired) electrons. The number of benzene rings is 2. The molecule has 2 aromatic carbocycles. The van der Waals surface area contributed by atoms with Crippen LogP contribution in [0.1, 0.15) is 29.9 Å². The van der Waals surface area contributed by atoms with Crippen LogP contribution in [0.15, 0.2) is 42.5 Å². The summed E-state index contributed by atoms with van der Waals surface area (Å²) in [6, 6.07) is 13.5. The minimum absolute atomic E-state index is 0.166. The third-order valence-electron chi connectivity index (χ3n) is 4.51. The van der Waals surface area contributed by atoms with E-state index in [-0.39, 0.29) is 5.82 Å². The van der Waals surface area contributed by atoms with Crippen molar-refractivity contribution in [2.75, 3.05) is 6.79 Å². The van der Waals surface area contributed by atoms with E-state index in [1.807, 2.05) is 24.3 Å². The Morgan fingerprint density at radius 2 is 1.77 bits per heavy atom. The van der Waals surface area contributed by atoms with Gasteiger partial charge in [-0.2, -0.15) is 0 Å². The lowest BCUT2D eigenvalue weighted by Gasteiger charge is -2.36. The average Bonchev–Trinajstić information content (AvgIpc) is 2.95. The maximum absolute atomic E-state index is 12.9. The van der Waals surface area contributed by atoms with Crippen LogP contribution in [0.5, 0.6) is 11.5 Å². The van der Waals surface area contributed by atoms with E-state index in [1.54, 1.807) is 12.1 Å². The predicted octanol–water partition coefficient (Wildman–Crippen LogP) is 3.59. The topological polar surface area (TPSA) is 30.5 Å². The number of ether oxygens (including phenoxy) is 2. The van der Waals surface area contributed by atoms with Crippen molar-refractivity contribution < 1.29 is 13.9 Å². The maximum atomic E-state index is 12.9. The number of fused-ring (bicyclic) bond motifs is 1.